The lowest BCUT2D eigenvalue weighted by Gasteiger charge is -2.44. The van der Waals surface area contributed by atoms with E-state index in [1.54, 1.807) is 0 Å². The molecular formula is C16H28N2S. The van der Waals surface area contributed by atoms with Gasteiger partial charge in [0.1, 0.15) is 5.01 Å². The molecule has 1 saturated carbocycles. The van der Waals surface area contributed by atoms with E-state index in [0.29, 0.717) is 5.92 Å². The molecule has 0 amide bonds. The molecule has 19 heavy (non-hydrogen) atoms. The zero-order chi connectivity index (χ0) is 14.0. The lowest BCUT2D eigenvalue weighted by molar-refractivity contribution is 0.118. The Balaban J connectivity index is 2.37. The summed E-state index contributed by atoms with van der Waals surface area (Å²) in [4.78, 5) is 6.27. The molecular weight excluding hydrogens is 252 g/mol. The predicted molar refractivity (Wildman–Crippen MR) is 83.7 cm³/mol. The monoisotopic (exact) mass is 280 g/mol. The Morgan fingerprint density at radius 1 is 1.32 bits per heavy atom. The van der Waals surface area contributed by atoms with Crippen LogP contribution in [0.3, 0.4) is 0 Å². The normalized spacial score (nSPS) is 31.6. The molecule has 3 atom stereocenters. The summed E-state index contributed by atoms with van der Waals surface area (Å²) in [5.41, 5.74) is 1.33. The first-order valence-corrected chi connectivity index (χ1v) is 8.50. The molecule has 1 fully saturated rings. The molecule has 1 N–H and O–H groups in total. The number of hydrogen-bond acceptors (Lipinski definition) is 3. The third-order valence-corrected chi connectivity index (χ3v) is 5.96. The van der Waals surface area contributed by atoms with Crippen molar-refractivity contribution in [2.45, 2.75) is 65.8 Å². The van der Waals surface area contributed by atoms with E-state index < -0.39 is 0 Å². The molecule has 3 unspecified atom stereocenters. The van der Waals surface area contributed by atoms with Crippen LogP contribution in [0.1, 0.15) is 62.0 Å². The topological polar surface area (TPSA) is 24.9 Å². The Hall–Kier alpha value is -0.410. The smallest absolute Gasteiger partial charge is 0.114 e. The van der Waals surface area contributed by atoms with Crippen molar-refractivity contribution in [2.24, 2.45) is 11.8 Å². The second-order valence-electron chi connectivity index (χ2n) is 6.35. The number of nitrogens with zero attached hydrogens (tertiary/aromatic N) is 1. The highest BCUT2D eigenvalue weighted by molar-refractivity contribution is 7.11. The molecule has 0 aromatic carbocycles. The van der Waals surface area contributed by atoms with Gasteiger partial charge in [-0.05, 0) is 51.5 Å². The van der Waals surface area contributed by atoms with Crippen LogP contribution in [0.5, 0.6) is 0 Å². The van der Waals surface area contributed by atoms with Crippen molar-refractivity contribution in [3.05, 3.63) is 15.6 Å². The molecule has 2 rings (SSSR count). The number of nitrogens with one attached hydrogen (secondary N) is 1. The van der Waals surface area contributed by atoms with Crippen LogP contribution in [-0.2, 0) is 5.54 Å². The van der Waals surface area contributed by atoms with Crippen molar-refractivity contribution in [3.8, 4) is 0 Å². The predicted octanol–water partition coefficient (Wildman–Crippen LogP) is 4.41. The quantitative estimate of drug-likeness (QED) is 0.883. The molecule has 0 radical (unpaired) electrons. The molecule has 1 aromatic heterocycles. The average molecular weight is 280 g/mol. The lowest BCUT2D eigenvalue weighted by Crippen LogP contribution is -2.51. The molecule has 3 heteroatoms. The highest BCUT2D eigenvalue weighted by Gasteiger charge is 2.43. The fourth-order valence-electron chi connectivity index (χ4n) is 3.27. The fourth-order valence-corrected chi connectivity index (χ4v) is 4.47. The van der Waals surface area contributed by atoms with Crippen molar-refractivity contribution < 1.29 is 0 Å². The van der Waals surface area contributed by atoms with Crippen LogP contribution in [0.15, 0.2) is 0 Å². The molecule has 1 aliphatic rings. The summed E-state index contributed by atoms with van der Waals surface area (Å²) < 4.78 is 0. The van der Waals surface area contributed by atoms with Gasteiger partial charge in [-0.2, -0.15) is 0 Å². The average Bonchev–Trinajstić information content (AvgIpc) is 2.71. The van der Waals surface area contributed by atoms with Gasteiger partial charge in [-0.3, -0.25) is 0 Å². The van der Waals surface area contributed by atoms with E-state index in [2.05, 4.69) is 39.9 Å². The van der Waals surface area contributed by atoms with Crippen molar-refractivity contribution in [2.75, 3.05) is 6.54 Å². The van der Waals surface area contributed by atoms with Gasteiger partial charge in [-0.25, -0.2) is 4.98 Å². The van der Waals surface area contributed by atoms with Crippen molar-refractivity contribution in [3.63, 3.8) is 0 Å². The van der Waals surface area contributed by atoms with Crippen LogP contribution < -0.4 is 5.32 Å². The van der Waals surface area contributed by atoms with Gasteiger partial charge >= 0.3 is 0 Å². The van der Waals surface area contributed by atoms with Crippen LogP contribution >= 0.6 is 11.3 Å². The molecule has 0 aliphatic heterocycles. The van der Waals surface area contributed by atoms with Gasteiger partial charge < -0.3 is 5.32 Å². The van der Waals surface area contributed by atoms with Crippen LogP contribution in [0.25, 0.3) is 0 Å². The summed E-state index contributed by atoms with van der Waals surface area (Å²) in [5.74, 6) is 1.48. The maximum absolute atomic E-state index is 4.90. The largest absolute Gasteiger partial charge is 0.305 e. The van der Waals surface area contributed by atoms with Crippen LogP contribution in [0.2, 0.25) is 0 Å². The van der Waals surface area contributed by atoms with E-state index >= 15 is 0 Å². The maximum atomic E-state index is 4.90. The van der Waals surface area contributed by atoms with Crippen molar-refractivity contribution >= 4 is 11.3 Å². The molecule has 0 saturated heterocycles. The summed E-state index contributed by atoms with van der Waals surface area (Å²) in [6, 6.07) is 0. The van der Waals surface area contributed by atoms with Crippen LogP contribution in [0, 0.1) is 25.7 Å². The standard InChI is InChI=1S/C16H28N2S/c1-6-9-17-16(10-11(2)7-8-12(16)3)15-18-13(4)14(5)19-15/h11-12,17H,6-10H2,1-5H3. The van der Waals surface area contributed by atoms with Gasteiger partial charge in [-0.1, -0.05) is 27.2 Å². The van der Waals surface area contributed by atoms with Gasteiger partial charge in [0, 0.05) is 4.88 Å². The second-order valence-corrected chi connectivity index (χ2v) is 7.55. The van der Waals surface area contributed by atoms with E-state index in [4.69, 9.17) is 4.98 Å². The molecule has 0 spiro atoms. The van der Waals surface area contributed by atoms with Gasteiger partial charge in [0.15, 0.2) is 0 Å². The summed E-state index contributed by atoms with van der Waals surface area (Å²) in [6.07, 6.45) is 5.10. The zero-order valence-electron chi connectivity index (χ0n) is 13.0. The molecule has 108 valence electrons. The minimum Gasteiger partial charge on any atom is -0.305 e. The first kappa shape index (κ1) is 15.0. The number of aromatic nitrogens is 1. The Bertz CT molecular complexity index is 407. The summed E-state index contributed by atoms with van der Waals surface area (Å²) >= 11 is 1.90. The Morgan fingerprint density at radius 3 is 2.63 bits per heavy atom. The maximum Gasteiger partial charge on any atom is 0.114 e. The fraction of sp³-hybridized carbons (Fsp3) is 0.812. The first-order valence-electron chi connectivity index (χ1n) is 7.69. The first-order chi connectivity index (χ1) is 8.99. The SMILES string of the molecule is CCCNC1(c2nc(C)c(C)s2)CC(C)CCC1C. The lowest BCUT2D eigenvalue weighted by atomic mass is 9.70. The molecule has 2 nitrogen and oxygen atoms in total. The number of rotatable bonds is 4. The summed E-state index contributed by atoms with van der Waals surface area (Å²) in [5, 5.41) is 5.20. The Morgan fingerprint density at radius 2 is 2.05 bits per heavy atom. The van der Waals surface area contributed by atoms with Gasteiger partial charge in [0.2, 0.25) is 0 Å². The Labute approximate surface area is 122 Å². The molecule has 1 aromatic rings. The van der Waals surface area contributed by atoms with Crippen LogP contribution in [-0.4, -0.2) is 11.5 Å². The van der Waals surface area contributed by atoms with E-state index in [0.717, 1.165) is 12.5 Å². The van der Waals surface area contributed by atoms with E-state index in [9.17, 15) is 0 Å². The number of aryl methyl sites for hydroxylation is 2. The highest BCUT2D eigenvalue weighted by Crippen LogP contribution is 2.45. The number of thiazole rings is 1. The van der Waals surface area contributed by atoms with Crippen LogP contribution in [0.4, 0.5) is 0 Å². The summed E-state index contributed by atoms with van der Waals surface area (Å²) in [7, 11) is 0. The molecule has 1 heterocycles. The highest BCUT2D eigenvalue weighted by atomic mass is 32.1. The van der Waals surface area contributed by atoms with Crippen molar-refractivity contribution in [1.29, 1.82) is 0 Å². The van der Waals surface area contributed by atoms with E-state index in [1.165, 1.54) is 41.3 Å². The molecule has 0 bridgehead atoms. The van der Waals surface area contributed by atoms with Crippen molar-refractivity contribution in [1.82, 2.24) is 10.3 Å². The number of hydrogen-bond donors (Lipinski definition) is 1. The van der Waals surface area contributed by atoms with Gasteiger partial charge in [-0.15, -0.1) is 11.3 Å². The minimum atomic E-state index is 0.122. The van der Waals surface area contributed by atoms with E-state index in [1.807, 2.05) is 11.3 Å². The zero-order valence-corrected chi connectivity index (χ0v) is 13.9. The second kappa shape index (κ2) is 5.92. The third kappa shape index (κ3) is 2.87. The van der Waals surface area contributed by atoms with Gasteiger partial charge in [0.25, 0.3) is 0 Å². The summed E-state index contributed by atoms with van der Waals surface area (Å²) in [6.45, 7) is 12.5. The minimum absolute atomic E-state index is 0.122. The molecule has 1 aliphatic carbocycles. The van der Waals surface area contributed by atoms with Gasteiger partial charge in [0.05, 0.1) is 11.2 Å². The Kier molecular flexibility index (Phi) is 4.67. The third-order valence-electron chi connectivity index (χ3n) is 4.70. The van der Waals surface area contributed by atoms with E-state index in [-0.39, 0.29) is 5.54 Å².